The van der Waals surface area contributed by atoms with E-state index in [4.69, 9.17) is 4.74 Å². The number of H-pyrrole nitrogens is 1. The lowest BCUT2D eigenvalue weighted by Gasteiger charge is -2.08. The van der Waals surface area contributed by atoms with E-state index in [0.29, 0.717) is 45.1 Å². The molecule has 0 aliphatic rings. The molecule has 152 valence electrons. The number of ether oxygens (including phenoxy) is 1. The number of carbonyl (C=O) groups is 1. The molecule has 0 aliphatic heterocycles. The van der Waals surface area contributed by atoms with Gasteiger partial charge >= 0.3 is 0 Å². The predicted octanol–water partition coefficient (Wildman–Crippen LogP) is 4.59. The van der Waals surface area contributed by atoms with Crippen molar-refractivity contribution >= 4 is 22.8 Å². The van der Waals surface area contributed by atoms with E-state index < -0.39 is 6.43 Å². The predicted molar refractivity (Wildman–Crippen MR) is 108 cm³/mol. The zero-order chi connectivity index (χ0) is 21.3. The minimum absolute atomic E-state index is 0.258. The van der Waals surface area contributed by atoms with Crippen LogP contribution in [-0.4, -0.2) is 33.0 Å². The Bertz CT molecular complexity index is 1240. The van der Waals surface area contributed by atoms with Gasteiger partial charge in [-0.3, -0.25) is 9.78 Å². The molecule has 0 saturated carbocycles. The molecule has 30 heavy (non-hydrogen) atoms. The van der Waals surface area contributed by atoms with Crippen molar-refractivity contribution < 1.29 is 18.3 Å². The van der Waals surface area contributed by atoms with Gasteiger partial charge in [0.05, 0.1) is 24.1 Å². The molecular formula is C21H17F2N5O2. The lowest BCUT2D eigenvalue weighted by molar-refractivity contribution is -0.114. The van der Waals surface area contributed by atoms with Crippen molar-refractivity contribution in [3.8, 4) is 28.3 Å². The van der Waals surface area contributed by atoms with Crippen molar-refractivity contribution in [3.05, 3.63) is 54.5 Å². The topological polar surface area (TPSA) is 92.8 Å². The summed E-state index contributed by atoms with van der Waals surface area (Å²) in [5, 5.41) is 2.64. The lowest BCUT2D eigenvalue weighted by Crippen LogP contribution is -2.07. The van der Waals surface area contributed by atoms with Gasteiger partial charge in [-0.25, -0.2) is 18.7 Å². The first-order valence-corrected chi connectivity index (χ1v) is 9.02. The Hall–Kier alpha value is -3.88. The maximum Gasteiger partial charge on any atom is 0.280 e. The number of fused-ring (bicyclic) bond motifs is 1. The number of aromatic nitrogens is 4. The molecule has 0 aliphatic carbocycles. The van der Waals surface area contributed by atoms with Crippen LogP contribution in [0.15, 0.2) is 48.8 Å². The number of alkyl halides is 2. The molecule has 2 N–H and O–H groups in total. The van der Waals surface area contributed by atoms with E-state index in [1.54, 1.807) is 36.7 Å². The number of nitrogens with one attached hydrogen (secondary N) is 2. The molecule has 0 unspecified atom stereocenters. The van der Waals surface area contributed by atoms with E-state index in [1.165, 1.54) is 26.2 Å². The van der Waals surface area contributed by atoms with E-state index in [-0.39, 0.29) is 11.6 Å². The van der Waals surface area contributed by atoms with Crippen molar-refractivity contribution in [1.29, 1.82) is 0 Å². The summed E-state index contributed by atoms with van der Waals surface area (Å²) >= 11 is 0. The van der Waals surface area contributed by atoms with Crippen LogP contribution in [0.2, 0.25) is 0 Å². The summed E-state index contributed by atoms with van der Waals surface area (Å²) in [6.07, 6.45) is 0.423. The average molecular weight is 409 g/mol. The molecule has 0 atom stereocenters. The van der Waals surface area contributed by atoms with Crippen LogP contribution in [-0.2, 0) is 4.79 Å². The van der Waals surface area contributed by atoms with Crippen molar-refractivity contribution in [2.24, 2.45) is 0 Å². The highest BCUT2D eigenvalue weighted by molar-refractivity contribution is 6.03. The minimum atomic E-state index is -2.70. The van der Waals surface area contributed by atoms with Crippen LogP contribution in [0.25, 0.3) is 33.5 Å². The Morgan fingerprint density at radius 2 is 1.97 bits per heavy atom. The number of nitrogens with zero attached hydrogens (tertiary/aromatic N) is 3. The first kappa shape index (κ1) is 19.4. The number of methoxy groups -OCH3 is 1. The number of rotatable bonds is 5. The lowest BCUT2D eigenvalue weighted by atomic mass is 10.0. The summed E-state index contributed by atoms with van der Waals surface area (Å²) in [6, 6.07) is 9.57. The van der Waals surface area contributed by atoms with Crippen LogP contribution in [0.4, 0.5) is 14.6 Å². The second kappa shape index (κ2) is 7.86. The monoisotopic (exact) mass is 409 g/mol. The van der Waals surface area contributed by atoms with Gasteiger partial charge < -0.3 is 15.0 Å². The van der Waals surface area contributed by atoms with Gasteiger partial charge in [0.1, 0.15) is 28.3 Å². The third kappa shape index (κ3) is 3.57. The van der Waals surface area contributed by atoms with Gasteiger partial charge in [0.25, 0.3) is 6.43 Å². The molecule has 9 heteroatoms. The molecule has 0 bridgehead atoms. The third-order valence-corrected chi connectivity index (χ3v) is 4.47. The number of pyridine rings is 3. The summed E-state index contributed by atoms with van der Waals surface area (Å²) in [5.41, 5.74) is 2.96. The number of hydrogen-bond donors (Lipinski definition) is 2. The van der Waals surface area contributed by atoms with Gasteiger partial charge in [0.2, 0.25) is 5.91 Å². The first-order chi connectivity index (χ1) is 14.5. The van der Waals surface area contributed by atoms with E-state index in [9.17, 15) is 13.6 Å². The van der Waals surface area contributed by atoms with E-state index in [1.807, 2.05) is 0 Å². The Morgan fingerprint density at radius 3 is 2.70 bits per heavy atom. The highest BCUT2D eigenvalue weighted by Gasteiger charge is 2.21. The van der Waals surface area contributed by atoms with Gasteiger partial charge in [-0.15, -0.1) is 0 Å². The van der Waals surface area contributed by atoms with Crippen molar-refractivity contribution in [3.63, 3.8) is 0 Å². The molecule has 0 saturated heterocycles. The molecule has 0 fully saturated rings. The molecule has 4 aromatic heterocycles. The van der Waals surface area contributed by atoms with Gasteiger partial charge in [-0.05, 0) is 24.3 Å². The minimum Gasteiger partial charge on any atom is -0.494 e. The third-order valence-electron chi connectivity index (χ3n) is 4.47. The second-order valence-corrected chi connectivity index (χ2v) is 6.47. The quantitative estimate of drug-likeness (QED) is 0.503. The summed E-state index contributed by atoms with van der Waals surface area (Å²) in [6.45, 7) is 1.39. The highest BCUT2D eigenvalue weighted by atomic mass is 19.3. The average Bonchev–Trinajstić information content (AvgIpc) is 3.13. The van der Waals surface area contributed by atoms with E-state index >= 15 is 0 Å². The molecule has 0 aromatic carbocycles. The summed E-state index contributed by atoms with van der Waals surface area (Å²) in [4.78, 5) is 27.4. The Kier molecular flexibility index (Phi) is 5.09. The summed E-state index contributed by atoms with van der Waals surface area (Å²) in [5.74, 6) is 0.652. The van der Waals surface area contributed by atoms with Crippen LogP contribution in [0.5, 0.6) is 5.75 Å². The molecule has 4 rings (SSSR count). The maximum absolute atomic E-state index is 13.3. The summed E-state index contributed by atoms with van der Waals surface area (Å²) in [7, 11) is 1.53. The smallest absolute Gasteiger partial charge is 0.280 e. The number of anilines is 1. The highest BCUT2D eigenvalue weighted by Crippen LogP contribution is 2.40. The van der Waals surface area contributed by atoms with Crippen LogP contribution in [0.3, 0.4) is 0 Å². The fraction of sp³-hybridized carbons (Fsp3) is 0.143. The van der Waals surface area contributed by atoms with E-state index in [0.717, 1.165) is 0 Å². The number of amides is 1. The molecular weight excluding hydrogens is 392 g/mol. The fourth-order valence-electron chi connectivity index (χ4n) is 3.24. The van der Waals surface area contributed by atoms with Crippen molar-refractivity contribution in [2.45, 2.75) is 13.3 Å². The molecule has 4 heterocycles. The van der Waals surface area contributed by atoms with Crippen molar-refractivity contribution in [2.75, 3.05) is 12.4 Å². The van der Waals surface area contributed by atoms with Gasteiger partial charge in [-0.2, -0.15) is 0 Å². The van der Waals surface area contributed by atoms with E-state index in [2.05, 4.69) is 25.3 Å². The Labute approximate surface area is 170 Å². The molecule has 0 radical (unpaired) electrons. The largest absolute Gasteiger partial charge is 0.494 e. The molecule has 7 nitrogen and oxygen atoms in total. The van der Waals surface area contributed by atoms with Gasteiger partial charge in [0, 0.05) is 30.9 Å². The van der Waals surface area contributed by atoms with Crippen LogP contribution in [0, 0.1) is 0 Å². The number of carbonyl (C=O) groups excluding carboxylic acids is 1. The standard InChI is InChI=1S/C21H17F2N5O2/c1-11(29)26-16-10-12(6-8-24-16)18-17(13-4-3-5-14(27-13)21(22)23)20-19(28-18)15(30-2)7-9-25-20/h3-10,21,28H,1-2H3,(H,24,26,29). The molecule has 1 amide bonds. The Morgan fingerprint density at radius 1 is 1.17 bits per heavy atom. The van der Waals surface area contributed by atoms with Crippen LogP contribution < -0.4 is 10.1 Å². The number of aromatic amines is 1. The number of halogens is 2. The molecule has 4 aromatic rings. The zero-order valence-corrected chi connectivity index (χ0v) is 16.1. The Balaban J connectivity index is 1.99. The van der Waals surface area contributed by atoms with Gasteiger partial charge in [0.15, 0.2) is 0 Å². The van der Waals surface area contributed by atoms with Crippen LogP contribution in [0.1, 0.15) is 19.0 Å². The molecule has 0 spiro atoms. The van der Waals surface area contributed by atoms with Gasteiger partial charge in [-0.1, -0.05) is 6.07 Å². The fourth-order valence-corrected chi connectivity index (χ4v) is 3.24. The summed E-state index contributed by atoms with van der Waals surface area (Å²) < 4.78 is 32.0. The first-order valence-electron chi connectivity index (χ1n) is 9.02. The number of hydrogen-bond acceptors (Lipinski definition) is 5. The maximum atomic E-state index is 13.3. The zero-order valence-electron chi connectivity index (χ0n) is 16.1. The van der Waals surface area contributed by atoms with Crippen LogP contribution >= 0.6 is 0 Å². The normalized spacial score (nSPS) is 11.1. The SMILES string of the molecule is COc1ccnc2c(-c3cccc(C(F)F)n3)c(-c3ccnc(NC(C)=O)c3)[nH]c12. The second-order valence-electron chi connectivity index (χ2n) is 6.47. The van der Waals surface area contributed by atoms with Crippen molar-refractivity contribution in [1.82, 2.24) is 19.9 Å².